The minimum absolute atomic E-state index is 0.00611. The van der Waals surface area contributed by atoms with Crippen molar-refractivity contribution in [1.82, 2.24) is 4.90 Å². The van der Waals surface area contributed by atoms with E-state index in [0.29, 0.717) is 29.2 Å². The summed E-state index contributed by atoms with van der Waals surface area (Å²) in [5.41, 5.74) is 2.73. The van der Waals surface area contributed by atoms with Crippen molar-refractivity contribution < 1.29 is 19.0 Å². The highest BCUT2D eigenvalue weighted by molar-refractivity contribution is 5.98. The number of carbonyl (C=O) groups is 1. The van der Waals surface area contributed by atoms with Gasteiger partial charge in [0, 0.05) is 43.9 Å². The van der Waals surface area contributed by atoms with Gasteiger partial charge in [-0.3, -0.25) is 4.79 Å². The molecule has 1 heterocycles. The molecule has 28 heavy (non-hydrogen) atoms. The molecule has 6 nitrogen and oxygen atoms in total. The molecule has 1 aliphatic rings. The van der Waals surface area contributed by atoms with Gasteiger partial charge in [0.25, 0.3) is 0 Å². The zero-order chi connectivity index (χ0) is 20.1. The topological polar surface area (TPSA) is 51.2 Å². The Morgan fingerprint density at radius 3 is 1.96 bits per heavy atom. The molecule has 0 bridgehead atoms. The number of piperazine rings is 1. The van der Waals surface area contributed by atoms with E-state index in [1.807, 2.05) is 12.1 Å². The standard InChI is InChI=1S/C22H28N2O4/c1-23-9-11-24(12-10-23)18-7-5-16(6-8-18)13-19(25)17-14-20(26-2)22(28-4)21(15-17)27-3/h5-8,14-15H,9-13H2,1-4H3. The van der Waals surface area contributed by atoms with Crippen LogP contribution in [0.1, 0.15) is 15.9 Å². The second-order valence-corrected chi connectivity index (χ2v) is 6.97. The number of ether oxygens (including phenoxy) is 3. The van der Waals surface area contributed by atoms with Crippen LogP contribution in [0.3, 0.4) is 0 Å². The number of anilines is 1. The van der Waals surface area contributed by atoms with Crippen LogP contribution in [0.5, 0.6) is 17.2 Å². The van der Waals surface area contributed by atoms with Crippen LogP contribution in [0.2, 0.25) is 0 Å². The van der Waals surface area contributed by atoms with E-state index < -0.39 is 0 Å². The van der Waals surface area contributed by atoms with Crippen LogP contribution in [0.4, 0.5) is 5.69 Å². The average Bonchev–Trinajstić information content (AvgIpc) is 2.73. The summed E-state index contributed by atoms with van der Waals surface area (Å²) in [6.45, 7) is 4.20. The number of hydrogen-bond acceptors (Lipinski definition) is 6. The third-order valence-corrected chi connectivity index (χ3v) is 5.16. The number of nitrogens with zero attached hydrogens (tertiary/aromatic N) is 2. The van der Waals surface area contributed by atoms with Crippen LogP contribution in [0, 0.1) is 0 Å². The molecule has 0 aliphatic carbocycles. The van der Waals surface area contributed by atoms with E-state index in [1.54, 1.807) is 33.5 Å². The van der Waals surface area contributed by atoms with Crippen molar-refractivity contribution in [3.05, 3.63) is 47.5 Å². The molecule has 0 unspecified atom stereocenters. The van der Waals surface area contributed by atoms with E-state index in [-0.39, 0.29) is 5.78 Å². The summed E-state index contributed by atoms with van der Waals surface area (Å²) in [6, 6.07) is 11.7. The summed E-state index contributed by atoms with van der Waals surface area (Å²) in [6.07, 6.45) is 0.321. The van der Waals surface area contributed by atoms with Gasteiger partial charge >= 0.3 is 0 Å². The maximum atomic E-state index is 12.8. The SMILES string of the molecule is COc1cc(C(=O)Cc2ccc(N3CCN(C)CC3)cc2)cc(OC)c1OC. The van der Waals surface area contributed by atoms with Crippen LogP contribution in [-0.4, -0.2) is 65.2 Å². The first-order valence-corrected chi connectivity index (χ1v) is 9.41. The van der Waals surface area contributed by atoms with E-state index in [4.69, 9.17) is 14.2 Å². The molecule has 0 atom stereocenters. The summed E-state index contributed by atoms with van der Waals surface area (Å²) in [5.74, 6) is 1.45. The Balaban J connectivity index is 1.72. The number of Topliss-reactive ketones (excluding diaryl/α,β-unsaturated/α-hetero) is 1. The molecule has 1 aliphatic heterocycles. The van der Waals surface area contributed by atoms with Crippen LogP contribution in [-0.2, 0) is 6.42 Å². The first-order chi connectivity index (χ1) is 13.5. The molecule has 0 aromatic heterocycles. The first-order valence-electron chi connectivity index (χ1n) is 9.41. The van der Waals surface area contributed by atoms with E-state index >= 15 is 0 Å². The normalized spacial score (nSPS) is 14.6. The van der Waals surface area contributed by atoms with Gasteiger partial charge in [-0.2, -0.15) is 0 Å². The summed E-state index contributed by atoms with van der Waals surface area (Å²) in [4.78, 5) is 17.5. The molecule has 2 aromatic rings. The minimum Gasteiger partial charge on any atom is -0.493 e. The predicted octanol–water partition coefficient (Wildman–Crippen LogP) is 2.89. The number of hydrogen-bond donors (Lipinski definition) is 0. The molecule has 1 saturated heterocycles. The van der Waals surface area contributed by atoms with Gasteiger partial charge in [-0.15, -0.1) is 0 Å². The summed E-state index contributed by atoms with van der Waals surface area (Å²) >= 11 is 0. The molecular formula is C22H28N2O4. The molecular weight excluding hydrogens is 356 g/mol. The Morgan fingerprint density at radius 1 is 0.893 bits per heavy atom. The van der Waals surface area contributed by atoms with Gasteiger partial charge in [0.05, 0.1) is 21.3 Å². The van der Waals surface area contributed by atoms with Crippen molar-refractivity contribution in [2.75, 3.05) is 59.5 Å². The fourth-order valence-corrected chi connectivity index (χ4v) is 3.42. The van der Waals surface area contributed by atoms with E-state index in [2.05, 4.69) is 29.0 Å². The Hall–Kier alpha value is -2.73. The van der Waals surface area contributed by atoms with Gasteiger partial charge in [0.15, 0.2) is 17.3 Å². The van der Waals surface area contributed by atoms with E-state index in [0.717, 1.165) is 31.7 Å². The number of ketones is 1. The largest absolute Gasteiger partial charge is 0.493 e. The monoisotopic (exact) mass is 384 g/mol. The Bertz CT molecular complexity index is 787. The molecule has 0 amide bonds. The van der Waals surface area contributed by atoms with E-state index in [9.17, 15) is 4.79 Å². The fourth-order valence-electron chi connectivity index (χ4n) is 3.42. The number of rotatable bonds is 7. The van der Waals surface area contributed by atoms with Gasteiger partial charge in [0.2, 0.25) is 5.75 Å². The van der Waals surface area contributed by atoms with Crippen molar-refractivity contribution in [2.24, 2.45) is 0 Å². The average molecular weight is 384 g/mol. The summed E-state index contributed by atoms with van der Waals surface area (Å²) in [7, 11) is 6.78. The highest BCUT2D eigenvalue weighted by Crippen LogP contribution is 2.38. The molecule has 0 N–H and O–H groups in total. The lowest BCUT2D eigenvalue weighted by molar-refractivity contribution is 0.0992. The zero-order valence-corrected chi connectivity index (χ0v) is 17.0. The maximum Gasteiger partial charge on any atom is 0.203 e. The molecule has 2 aromatic carbocycles. The quantitative estimate of drug-likeness (QED) is 0.684. The summed E-state index contributed by atoms with van der Waals surface area (Å²) in [5, 5.41) is 0. The van der Waals surface area contributed by atoms with Crippen LogP contribution in [0.15, 0.2) is 36.4 Å². The second kappa shape index (κ2) is 8.97. The zero-order valence-electron chi connectivity index (χ0n) is 17.0. The lowest BCUT2D eigenvalue weighted by Crippen LogP contribution is -2.44. The third kappa shape index (κ3) is 4.39. The van der Waals surface area contributed by atoms with Crippen molar-refractivity contribution in [3.63, 3.8) is 0 Å². The lowest BCUT2D eigenvalue weighted by Gasteiger charge is -2.34. The smallest absolute Gasteiger partial charge is 0.203 e. The molecule has 0 saturated carbocycles. The molecule has 3 rings (SSSR count). The number of likely N-dealkylation sites (N-methyl/N-ethyl adjacent to an activating group) is 1. The summed E-state index contributed by atoms with van der Waals surface area (Å²) < 4.78 is 16.0. The molecule has 6 heteroatoms. The Labute approximate surface area is 166 Å². The molecule has 1 fully saturated rings. The van der Waals surface area contributed by atoms with Gasteiger partial charge in [-0.25, -0.2) is 0 Å². The Morgan fingerprint density at radius 2 is 1.46 bits per heavy atom. The van der Waals surface area contributed by atoms with Crippen LogP contribution in [0.25, 0.3) is 0 Å². The fraction of sp³-hybridized carbons (Fsp3) is 0.409. The third-order valence-electron chi connectivity index (χ3n) is 5.16. The van der Waals surface area contributed by atoms with Crippen LogP contribution < -0.4 is 19.1 Å². The Kier molecular flexibility index (Phi) is 6.41. The predicted molar refractivity (Wildman–Crippen MR) is 110 cm³/mol. The van der Waals surface area contributed by atoms with Crippen molar-refractivity contribution in [2.45, 2.75) is 6.42 Å². The minimum atomic E-state index is 0.00611. The van der Waals surface area contributed by atoms with Gasteiger partial charge in [0.1, 0.15) is 0 Å². The van der Waals surface area contributed by atoms with Crippen LogP contribution >= 0.6 is 0 Å². The molecule has 0 spiro atoms. The molecule has 0 radical (unpaired) electrons. The number of carbonyl (C=O) groups excluding carboxylic acids is 1. The lowest BCUT2D eigenvalue weighted by atomic mass is 10.0. The van der Waals surface area contributed by atoms with Gasteiger partial charge in [-0.1, -0.05) is 12.1 Å². The molecule has 150 valence electrons. The number of methoxy groups -OCH3 is 3. The second-order valence-electron chi connectivity index (χ2n) is 6.97. The first kappa shape index (κ1) is 20.0. The van der Waals surface area contributed by atoms with Crippen molar-refractivity contribution in [3.8, 4) is 17.2 Å². The maximum absolute atomic E-state index is 12.8. The van der Waals surface area contributed by atoms with Gasteiger partial charge < -0.3 is 24.0 Å². The van der Waals surface area contributed by atoms with Gasteiger partial charge in [-0.05, 0) is 36.9 Å². The van der Waals surface area contributed by atoms with E-state index in [1.165, 1.54) is 5.69 Å². The highest BCUT2D eigenvalue weighted by Gasteiger charge is 2.18. The van der Waals surface area contributed by atoms with Crippen molar-refractivity contribution >= 4 is 11.5 Å². The number of benzene rings is 2. The van der Waals surface area contributed by atoms with Crippen molar-refractivity contribution in [1.29, 1.82) is 0 Å². The highest BCUT2D eigenvalue weighted by atomic mass is 16.5.